The largest absolute Gasteiger partial charge is 0.320 e. The molecular weight excluding hydrogens is 316 g/mol. The zero-order valence-corrected chi connectivity index (χ0v) is 14.7. The van der Waals surface area contributed by atoms with Gasteiger partial charge in [-0.25, -0.2) is 0 Å². The molecule has 3 rings (SSSR count). The van der Waals surface area contributed by atoms with E-state index in [9.17, 15) is 10.1 Å². The highest BCUT2D eigenvalue weighted by Gasteiger charge is 2.16. The Hall–Kier alpha value is -2.64. The predicted molar refractivity (Wildman–Crippen MR) is 99.2 cm³/mol. The number of benzene rings is 1. The number of hydrogen-bond donors (Lipinski definition) is 1. The number of H-pyrrole nitrogens is 1. The Balaban J connectivity index is 2.16. The number of aromatic amines is 1. The number of pyridine rings is 1. The summed E-state index contributed by atoms with van der Waals surface area (Å²) in [4.78, 5) is 16.1. The van der Waals surface area contributed by atoms with Gasteiger partial charge >= 0.3 is 0 Å². The van der Waals surface area contributed by atoms with Crippen LogP contribution in [0.5, 0.6) is 0 Å². The summed E-state index contributed by atoms with van der Waals surface area (Å²) >= 11 is 1.55. The molecule has 0 aliphatic rings. The lowest BCUT2D eigenvalue weighted by molar-refractivity contribution is 0.590. The van der Waals surface area contributed by atoms with Crippen LogP contribution in [0.1, 0.15) is 31.9 Å². The molecule has 0 bridgehead atoms. The summed E-state index contributed by atoms with van der Waals surface area (Å²) in [6, 6.07) is 15.9. The molecule has 0 unspecified atom stereocenters. The van der Waals surface area contributed by atoms with E-state index in [4.69, 9.17) is 0 Å². The molecule has 0 saturated heterocycles. The van der Waals surface area contributed by atoms with E-state index in [2.05, 4.69) is 37.9 Å². The van der Waals surface area contributed by atoms with Crippen molar-refractivity contribution >= 4 is 11.3 Å². The minimum Gasteiger partial charge on any atom is -0.320 e. The van der Waals surface area contributed by atoms with Crippen LogP contribution >= 0.6 is 11.3 Å². The van der Waals surface area contributed by atoms with Gasteiger partial charge in [0.15, 0.2) is 0 Å². The second kappa shape index (κ2) is 6.10. The molecule has 3 nitrogen and oxygen atoms in total. The van der Waals surface area contributed by atoms with Crippen LogP contribution in [0.3, 0.4) is 0 Å². The lowest BCUT2D eigenvalue weighted by Gasteiger charge is -2.19. The normalized spacial score (nSPS) is 11.2. The fourth-order valence-corrected chi connectivity index (χ4v) is 3.31. The topological polar surface area (TPSA) is 56.6 Å². The summed E-state index contributed by atoms with van der Waals surface area (Å²) < 4.78 is 0. The molecular formula is C20H18N2OS. The number of nitriles is 1. The van der Waals surface area contributed by atoms with Gasteiger partial charge in [0.2, 0.25) is 0 Å². The molecule has 0 amide bonds. The highest BCUT2D eigenvalue weighted by atomic mass is 32.1. The van der Waals surface area contributed by atoms with E-state index in [0.717, 1.165) is 16.1 Å². The predicted octanol–water partition coefficient (Wildman–Crippen LogP) is 4.94. The van der Waals surface area contributed by atoms with Crippen molar-refractivity contribution in [3.63, 3.8) is 0 Å². The van der Waals surface area contributed by atoms with Crippen molar-refractivity contribution in [2.75, 3.05) is 0 Å². The fraction of sp³-hybridized carbons (Fsp3) is 0.200. The first-order valence-corrected chi connectivity index (χ1v) is 8.60. The minimum atomic E-state index is -0.349. The molecule has 0 atom stereocenters. The van der Waals surface area contributed by atoms with E-state index in [-0.39, 0.29) is 16.5 Å². The molecule has 0 fully saturated rings. The Bertz CT molecular complexity index is 953. The van der Waals surface area contributed by atoms with Crippen LogP contribution in [-0.4, -0.2) is 4.98 Å². The summed E-state index contributed by atoms with van der Waals surface area (Å²) in [6.45, 7) is 6.47. The number of rotatable bonds is 2. The van der Waals surface area contributed by atoms with E-state index in [1.165, 1.54) is 5.56 Å². The molecule has 1 N–H and O–H groups in total. The molecule has 120 valence electrons. The number of aromatic nitrogens is 1. The number of nitrogens with one attached hydrogen (secondary N) is 1. The monoisotopic (exact) mass is 334 g/mol. The van der Waals surface area contributed by atoms with Crippen molar-refractivity contribution in [1.82, 2.24) is 4.98 Å². The Morgan fingerprint density at radius 1 is 1.12 bits per heavy atom. The standard InChI is InChI=1S/C20H18N2OS/c1-20(2,3)14-8-6-13(7-9-14)15-11-17(18-5-4-10-24-18)22-19(23)16(15)12-21/h4-11H,1-3H3,(H,22,23). The SMILES string of the molecule is CC(C)(C)c1ccc(-c2cc(-c3cccs3)[nH]c(=O)c2C#N)cc1. The average Bonchev–Trinajstić information content (AvgIpc) is 3.08. The summed E-state index contributed by atoms with van der Waals surface area (Å²) in [7, 11) is 0. The molecule has 4 heteroatoms. The molecule has 2 heterocycles. The van der Waals surface area contributed by atoms with Gasteiger partial charge in [0.25, 0.3) is 5.56 Å². The van der Waals surface area contributed by atoms with Crippen molar-refractivity contribution in [3.05, 3.63) is 69.3 Å². The number of nitrogens with zero attached hydrogens (tertiary/aromatic N) is 1. The highest BCUT2D eigenvalue weighted by Crippen LogP contribution is 2.30. The molecule has 0 aliphatic carbocycles. The van der Waals surface area contributed by atoms with Crippen LogP contribution in [0.25, 0.3) is 21.7 Å². The molecule has 1 aromatic carbocycles. The Kier molecular flexibility index (Phi) is 4.13. The lowest BCUT2D eigenvalue weighted by atomic mass is 9.86. The average molecular weight is 334 g/mol. The Labute approximate surface area is 145 Å². The van der Waals surface area contributed by atoms with Gasteiger partial charge < -0.3 is 4.98 Å². The maximum absolute atomic E-state index is 12.3. The van der Waals surface area contributed by atoms with Crippen molar-refractivity contribution < 1.29 is 0 Å². The first kappa shape index (κ1) is 16.2. The zero-order valence-electron chi connectivity index (χ0n) is 13.9. The fourth-order valence-electron chi connectivity index (χ4n) is 2.61. The third kappa shape index (κ3) is 3.04. The maximum Gasteiger partial charge on any atom is 0.266 e. The molecule has 24 heavy (non-hydrogen) atoms. The van der Waals surface area contributed by atoms with Gasteiger partial charge in [-0.3, -0.25) is 4.79 Å². The summed E-state index contributed by atoms with van der Waals surface area (Å²) in [6.07, 6.45) is 0. The lowest BCUT2D eigenvalue weighted by Crippen LogP contribution is -2.13. The number of thiophene rings is 1. The van der Waals surface area contributed by atoms with E-state index < -0.39 is 0 Å². The minimum absolute atomic E-state index is 0.0624. The first-order valence-electron chi connectivity index (χ1n) is 7.72. The third-order valence-electron chi connectivity index (χ3n) is 3.99. The van der Waals surface area contributed by atoms with Crippen LogP contribution in [0.2, 0.25) is 0 Å². The second-order valence-corrected chi connectivity index (χ2v) is 7.66. The van der Waals surface area contributed by atoms with Crippen molar-refractivity contribution in [1.29, 1.82) is 5.26 Å². The van der Waals surface area contributed by atoms with Gasteiger partial charge in [0.05, 0.1) is 10.6 Å². The zero-order chi connectivity index (χ0) is 17.3. The molecule has 2 aromatic heterocycles. The second-order valence-electron chi connectivity index (χ2n) is 6.72. The van der Waals surface area contributed by atoms with Gasteiger partial charge in [-0.2, -0.15) is 5.26 Å². The van der Waals surface area contributed by atoms with Crippen molar-refractivity contribution in [2.45, 2.75) is 26.2 Å². The number of hydrogen-bond acceptors (Lipinski definition) is 3. The Morgan fingerprint density at radius 3 is 2.38 bits per heavy atom. The smallest absolute Gasteiger partial charge is 0.266 e. The summed E-state index contributed by atoms with van der Waals surface area (Å²) in [5.74, 6) is 0. The van der Waals surface area contributed by atoms with Gasteiger partial charge in [0, 0.05) is 5.56 Å². The van der Waals surface area contributed by atoms with E-state index in [1.54, 1.807) is 11.3 Å². The van der Waals surface area contributed by atoms with E-state index >= 15 is 0 Å². The van der Waals surface area contributed by atoms with Crippen LogP contribution in [0, 0.1) is 11.3 Å². The van der Waals surface area contributed by atoms with Crippen LogP contribution < -0.4 is 5.56 Å². The Morgan fingerprint density at radius 2 is 1.83 bits per heavy atom. The van der Waals surface area contributed by atoms with Crippen molar-refractivity contribution in [3.8, 4) is 27.8 Å². The van der Waals surface area contributed by atoms with Gasteiger partial charge in [0.1, 0.15) is 11.6 Å². The van der Waals surface area contributed by atoms with Crippen LogP contribution in [-0.2, 0) is 5.41 Å². The molecule has 3 aromatic rings. The quantitative estimate of drug-likeness (QED) is 0.721. The van der Waals surface area contributed by atoms with Gasteiger partial charge in [-0.15, -0.1) is 11.3 Å². The molecule has 0 spiro atoms. The molecule has 0 saturated carbocycles. The summed E-state index contributed by atoms with van der Waals surface area (Å²) in [5.41, 5.74) is 3.37. The first-order chi connectivity index (χ1) is 11.4. The van der Waals surface area contributed by atoms with Gasteiger partial charge in [-0.1, -0.05) is 51.1 Å². The summed E-state index contributed by atoms with van der Waals surface area (Å²) in [5, 5.41) is 11.4. The van der Waals surface area contributed by atoms with Gasteiger partial charge in [-0.05, 0) is 34.1 Å². The molecule has 0 radical (unpaired) electrons. The van der Waals surface area contributed by atoms with Crippen LogP contribution in [0.4, 0.5) is 0 Å². The van der Waals surface area contributed by atoms with E-state index in [0.29, 0.717) is 5.56 Å². The maximum atomic E-state index is 12.3. The van der Waals surface area contributed by atoms with Crippen LogP contribution in [0.15, 0.2) is 52.6 Å². The highest BCUT2D eigenvalue weighted by molar-refractivity contribution is 7.13. The third-order valence-corrected chi connectivity index (χ3v) is 4.90. The van der Waals surface area contributed by atoms with Crippen molar-refractivity contribution in [2.24, 2.45) is 0 Å². The molecule has 0 aliphatic heterocycles. The van der Waals surface area contributed by atoms with E-state index in [1.807, 2.05) is 41.8 Å².